The zero-order valence-corrected chi connectivity index (χ0v) is 5.15. The molecule has 2 rings (SSSR count). The molecular formula is C7H11N. The second-order valence-electron chi connectivity index (χ2n) is 2.91. The second-order valence-corrected chi connectivity index (χ2v) is 2.91. The lowest BCUT2D eigenvalue weighted by Crippen LogP contribution is -2.49. The van der Waals surface area contributed by atoms with Gasteiger partial charge in [-0.05, 0) is 19.3 Å². The van der Waals surface area contributed by atoms with Crippen molar-refractivity contribution in [3.63, 3.8) is 0 Å². The van der Waals surface area contributed by atoms with E-state index in [1.807, 2.05) is 0 Å². The molecule has 2 aliphatic rings. The largest absolute Gasteiger partial charge is 0.310 e. The van der Waals surface area contributed by atoms with Crippen LogP contribution < -0.4 is 5.32 Å². The number of allylic oxidation sites excluding steroid dienone is 1. The first kappa shape index (κ1) is 4.57. The molecular weight excluding hydrogens is 98.1 g/mol. The van der Waals surface area contributed by atoms with Crippen LogP contribution in [0.4, 0.5) is 0 Å². The van der Waals surface area contributed by atoms with Crippen LogP contribution in [0.1, 0.15) is 13.3 Å². The van der Waals surface area contributed by atoms with Gasteiger partial charge in [-0.15, -0.1) is 0 Å². The zero-order chi connectivity index (χ0) is 5.56. The van der Waals surface area contributed by atoms with Crippen LogP contribution in [-0.2, 0) is 0 Å². The lowest BCUT2D eigenvalue weighted by atomic mass is 9.95. The van der Waals surface area contributed by atoms with Crippen LogP contribution in [0.15, 0.2) is 11.6 Å². The predicted octanol–water partition coefficient (Wildman–Crippen LogP) is 0.924. The van der Waals surface area contributed by atoms with E-state index in [2.05, 4.69) is 18.3 Å². The Labute approximate surface area is 49.8 Å². The van der Waals surface area contributed by atoms with Gasteiger partial charge in [-0.25, -0.2) is 0 Å². The smallest absolute Gasteiger partial charge is 0.0296 e. The molecule has 0 saturated carbocycles. The average molecular weight is 109 g/mol. The minimum atomic E-state index is 0.759. The molecule has 1 aliphatic carbocycles. The molecule has 0 aromatic carbocycles. The first-order chi connectivity index (χ1) is 3.86. The molecule has 8 heavy (non-hydrogen) atoms. The van der Waals surface area contributed by atoms with Gasteiger partial charge in [0.1, 0.15) is 0 Å². The molecule has 1 saturated heterocycles. The van der Waals surface area contributed by atoms with Crippen LogP contribution in [0.2, 0.25) is 0 Å². The molecule has 0 radical (unpaired) electrons. The summed E-state index contributed by atoms with van der Waals surface area (Å²) in [5, 5.41) is 3.36. The van der Waals surface area contributed by atoms with E-state index in [-0.39, 0.29) is 0 Å². The Balaban J connectivity index is 2.14. The van der Waals surface area contributed by atoms with Crippen molar-refractivity contribution in [3.8, 4) is 0 Å². The molecule has 1 N–H and O–H groups in total. The Hall–Kier alpha value is -0.300. The SMILES string of the molecule is CC1=CC2NCC2C1. The molecule has 0 bridgehead atoms. The van der Waals surface area contributed by atoms with Crippen LogP contribution in [0.25, 0.3) is 0 Å². The average Bonchev–Trinajstić information content (AvgIpc) is 1.91. The summed E-state index contributed by atoms with van der Waals surface area (Å²) in [5.41, 5.74) is 1.57. The van der Waals surface area contributed by atoms with Crippen molar-refractivity contribution in [2.75, 3.05) is 6.54 Å². The number of fused-ring (bicyclic) bond motifs is 1. The van der Waals surface area contributed by atoms with Crippen LogP contribution in [0, 0.1) is 5.92 Å². The molecule has 2 unspecified atom stereocenters. The summed E-state index contributed by atoms with van der Waals surface area (Å²) in [4.78, 5) is 0. The fourth-order valence-corrected chi connectivity index (χ4v) is 1.60. The van der Waals surface area contributed by atoms with Gasteiger partial charge in [0.15, 0.2) is 0 Å². The highest BCUT2D eigenvalue weighted by atomic mass is 15.0. The summed E-state index contributed by atoms with van der Waals surface area (Å²) >= 11 is 0. The van der Waals surface area contributed by atoms with Gasteiger partial charge < -0.3 is 5.32 Å². The normalized spacial score (nSPS) is 42.9. The Morgan fingerprint density at radius 3 is 2.88 bits per heavy atom. The lowest BCUT2D eigenvalue weighted by Gasteiger charge is -2.31. The van der Waals surface area contributed by atoms with Crippen molar-refractivity contribution in [2.24, 2.45) is 5.92 Å². The molecule has 0 spiro atoms. The Bertz CT molecular complexity index is 137. The van der Waals surface area contributed by atoms with Gasteiger partial charge in [-0.1, -0.05) is 11.6 Å². The van der Waals surface area contributed by atoms with Crippen molar-refractivity contribution in [3.05, 3.63) is 11.6 Å². The van der Waals surface area contributed by atoms with Crippen molar-refractivity contribution in [1.82, 2.24) is 5.32 Å². The maximum atomic E-state index is 3.36. The number of hydrogen-bond donors (Lipinski definition) is 1. The van der Waals surface area contributed by atoms with Gasteiger partial charge in [0.25, 0.3) is 0 Å². The second kappa shape index (κ2) is 1.35. The lowest BCUT2D eigenvalue weighted by molar-refractivity contribution is 0.298. The monoisotopic (exact) mass is 109 g/mol. The first-order valence-corrected chi connectivity index (χ1v) is 3.27. The van der Waals surface area contributed by atoms with Gasteiger partial charge in [0.2, 0.25) is 0 Å². The predicted molar refractivity (Wildman–Crippen MR) is 33.7 cm³/mol. The van der Waals surface area contributed by atoms with E-state index in [1.165, 1.54) is 13.0 Å². The van der Waals surface area contributed by atoms with E-state index in [0.717, 1.165) is 12.0 Å². The van der Waals surface area contributed by atoms with E-state index >= 15 is 0 Å². The molecule has 1 aliphatic heterocycles. The minimum Gasteiger partial charge on any atom is -0.310 e. The van der Waals surface area contributed by atoms with E-state index in [1.54, 1.807) is 5.57 Å². The fraction of sp³-hybridized carbons (Fsp3) is 0.714. The number of nitrogens with one attached hydrogen (secondary N) is 1. The summed E-state index contributed by atoms with van der Waals surface area (Å²) in [7, 11) is 0. The van der Waals surface area contributed by atoms with Crippen LogP contribution in [-0.4, -0.2) is 12.6 Å². The van der Waals surface area contributed by atoms with Gasteiger partial charge >= 0.3 is 0 Å². The van der Waals surface area contributed by atoms with Crippen LogP contribution in [0.5, 0.6) is 0 Å². The molecule has 1 heteroatoms. The first-order valence-electron chi connectivity index (χ1n) is 3.27. The molecule has 0 amide bonds. The topological polar surface area (TPSA) is 12.0 Å². The quantitative estimate of drug-likeness (QED) is 0.456. The highest BCUT2D eigenvalue weighted by Crippen LogP contribution is 2.29. The minimum absolute atomic E-state index is 0.759. The number of rotatable bonds is 0. The van der Waals surface area contributed by atoms with E-state index in [9.17, 15) is 0 Å². The molecule has 1 fully saturated rings. The summed E-state index contributed by atoms with van der Waals surface area (Å²) < 4.78 is 0. The standard InChI is InChI=1S/C7H11N/c1-5-2-6-4-8-7(6)3-5/h3,6-8H,2,4H2,1H3. The highest BCUT2D eigenvalue weighted by molar-refractivity contribution is 5.19. The third-order valence-corrected chi connectivity index (χ3v) is 2.17. The van der Waals surface area contributed by atoms with E-state index in [0.29, 0.717) is 0 Å². The van der Waals surface area contributed by atoms with Crippen LogP contribution >= 0.6 is 0 Å². The van der Waals surface area contributed by atoms with Gasteiger partial charge in [-0.3, -0.25) is 0 Å². The van der Waals surface area contributed by atoms with Gasteiger partial charge in [-0.2, -0.15) is 0 Å². The number of hydrogen-bond acceptors (Lipinski definition) is 1. The summed E-state index contributed by atoms with van der Waals surface area (Å²) in [6.45, 7) is 3.47. The van der Waals surface area contributed by atoms with Crippen molar-refractivity contribution < 1.29 is 0 Å². The van der Waals surface area contributed by atoms with E-state index < -0.39 is 0 Å². The maximum absolute atomic E-state index is 3.36. The summed E-state index contributed by atoms with van der Waals surface area (Å²) in [5.74, 6) is 0.968. The summed E-state index contributed by atoms with van der Waals surface area (Å²) in [6.07, 6.45) is 3.70. The van der Waals surface area contributed by atoms with E-state index in [4.69, 9.17) is 0 Å². The zero-order valence-electron chi connectivity index (χ0n) is 5.15. The molecule has 0 aromatic rings. The van der Waals surface area contributed by atoms with Crippen LogP contribution in [0.3, 0.4) is 0 Å². The van der Waals surface area contributed by atoms with Gasteiger partial charge in [0, 0.05) is 12.6 Å². The maximum Gasteiger partial charge on any atom is 0.0296 e. The van der Waals surface area contributed by atoms with Gasteiger partial charge in [0.05, 0.1) is 0 Å². The Morgan fingerprint density at radius 1 is 1.75 bits per heavy atom. The third-order valence-electron chi connectivity index (χ3n) is 2.17. The highest BCUT2D eigenvalue weighted by Gasteiger charge is 2.32. The fourth-order valence-electron chi connectivity index (χ4n) is 1.60. The molecule has 1 heterocycles. The Kier molecular flexibility index (Phi) is 0.770. The summed E-state index contributed by atoms with van der Waals surface area (Å²) in [6, 6.07) is 0.759. The molecule has 0 aromatic heterocycles. The Morgan fingerprint density at radius 2 is 2.62 bits per heavy atom. The van der Waals surface area contributed by atoms with Crippen molar-refractivity contribution in [2.45, 2.75) is 19.4 Å². The molecule has 44 valence electrons. The molecule has 2 atom stereocenters. The van der Waals surface area contributed by atoms with Crippen molar-refractivity contribution >= 4 is 0 Å². The van der Waals surface area contributed by atoms with Crippen molar-refractivity contribution in [1.29, 1.82) is 0 Å². The molecule has 1 nitrogen and oxygen atoms in total. The third kappa shape index (κ3) is 0.451.